The third-order valence-corrected chi connectivity index (χ3v) is 4.75. The summed E-state index contributed by atoms with van der Waals surface area (Å²) in [5.41, 5.74) is 0. The Labute approximate surface area is 129 Å². The quantitative estimate of drug-likeness (QED) is 0.380. The molecule has 0 saturated carbocycles. The van der Waals surface area contributed by atoms with Gasteiger partial charge in [-0.1, -0.05) is 0 Å². The van der Waals surface area contributed by atoms with Crippen molar-refractivity contribution in [3.05, 3.63) is 0 Å². The molecule has 0 aliphatic carbocycles. The van der Waals surface area contributed by atoms with Gasteiger partial charge in [0.1, 0.15) is 0 Å². The summed E-state index contributed by atoms with van der Waals surface area (Å²) in [5.74, 6) is 0. The first-order valence-corrected chi connectivity index (χ1v) is 8.99. The lowest BCUT2D eigenvalue weighted by Crippen LogP contribution is -2.54. The lowest BCUT2D eigenvalue weighted by atomic mass is 10.7. The molecule has 0 spiro atoms. The van der Waals surface area contributed by atoms with Crippen LogP contribution >= 0.6 is 0 Å². The van der Waals surface area contributed by atoms with Gasteiger partial charge in [0.25, 0.3) is 0 Å². The third kappa shape index (κ3) is 8.84. The van der Waals surface area contributed by atoms with Gasteiger partial charge in [0.2, 0.25) is 0 Å². The van der Waals surface area contributed by atoms with E-state index in [0.717, 1.165) is 0 Å². The maximum Gasteiger partial charge on any atom is 0.685 e. The zero-order chi connectivity index (χ0) is 16.3. The zero-order valence-electron chi connectivity index (χ0n) is 14.2. The van der Waals surface area contributed by atoms with Crippen molar-refractivity contribution in [3.63, 3.8) is 0 Å². The molecule has 3 atom stereocenters. The lowest BCUT2D eigenvalue weighted by Gasteiger charge is -2.33. The molecule has 7 nitrogen and oxygen atoms in total. The van der Waals surface area contributed by atoms with Crippen LogP contribution in [0, 0.1) is 0 Å². The summed E-state index contributed by atoms with van der Waals surface area (Å²) in [6.45, 7) is 12.4. The molecule has 0 aromatic carbocycles. The van der Waals surface area contributed by atoms with Gasteiger partial charge in [-0.05, 0) is 41.5 Å². The summed E-state index contributed by atoms with van der Waals surface area (Å²) in [6.07, 6.45) is -1.57. The van der Waals surface area contributed by atoms with Crippen LogP contribution in [-0.4, -0.2) is 54.8 Å². The van der Waals surface area contributed by atoms with Gasteiger partial charge in [0.15, 0.2) is 18.9 Å². The molecule has 0 aromatic rings. The van der Waals surface area contributed by atoms with Crippen LogP contribution in [0.4, 0.5) is 0 Å². The molecular formula is C13H30O7Si. The van der Waals surface area contributed by atoms with E-state index >= 15 is 0 Å². The minimum atomic E-state index is -3.45. The molecular weight excluding hydrogens is 296 g/mol. The molecule has 0 saturated heterocycles. The van der Waals surface area contributed by atoms with Crippen molar-refractivity contribution in [2.75, 3.05) is 26.9 Å². The standard InChI is InChI=1S/C13H30O7Si/c1-8-15-11(4)18-21(14-7,19-12(5)16-9-2)20-13(6)17-10-3/h11-13H,8-10H2,1-7H3. The van der Waals surface area contributed by atoms with Gasteiger partial charge in [-0.25, -0.2) is 0 Å². The Morgan fingerprint density at radius 1 is 0.667 bits per heavy atom. The maximum absolute atomic E-state index is 5.75. The first-order chi connectivity index (χ1) is 9.92. The van der Waals surface area contributed by atoms with Gasteiger partial charge in [-0.15, -0.1) is 0 Å². The summed E-state index contributed by atoms with van der Waals surface area (Å²) in [6, 6.07) is 0. The second-order valence-corrected chi connectivity index (χ2v) is 6.24. The van der Waals surface area contributed by atoms with Crippen LogP contribution in [0.2, 0.25) is 0 Å². The Hall–Kier alpha value is -0.0631. The Morgan fingerprint density at radius 3 is 1.14 bits per heavy atom. The SMILES string of the molecule is CCOC(C)O[Si](OC)(OC(C)OCC)OC(C)OCC. The van der Waals surface area contributed by atoms with E-state index in [1.165, 1.54) is 7.11 Å². The van der Waals surface area contributed by atoms with Crippen molar-refractivity contribution < 1.29 is 31.9 Å². The van der Waals surface area contributed by atoms with Gasteiger partial charge in [-0.3, -0.25) is 0 Å². The van der Waals surface area contributed by atoms with E-state index in [2.05, 4.69) is 0 Å². The molecule has 21 heavy (non-hydrogen) atoms. The lowest BCUT2D eigenvalue weighted by molar-refractivity contribution is -0.205. The fourth-order valence-electron chi connectivity index (χ4n) is 1.64. The summed E-state index contributed by atoms with van der Waals surface area (Å²) < 4.78 is 38.8. The highest BCUT2D eigenvalue weighted by molar-refractivity contribution is 6.53. The monoisotopic (exact) mass is 326 g/mol. The molecule has 0 amide bonds. The predicted molar refractivity (Wildman–Crippen MR) is 79.3 cm³/mol. The van der Waals surface area contributed by atoms with Crippen LogP contribution < -0.4 is 0 Å². The Kier molecular flexibility index (Phi) is 11.5. The number of hydrogen-bond donors (Lipinski definition) is 0. The largest absolute Gasteiger partial charge is 0.685 e. The smallest absolute Gasteiger partial charge is 0.354 e. The van der Waals surface area contributed by atoms with Gasteiger partial charge in [-0.2, -0.15) is 0 Å². The molecule has 3 unspecified atom stereocenters. The Morgan fingerprint density at radius 2 is 0.952 bits per heavy atom. The fourth-order valence-corrected chi connectivity index (χ4v) is 3.52. The maximum atomic E-state index is 5.75. The fraction of sp³-hybridized carbons (Fsp3) is 1.00. The van der Waals surface area contributed by atoms with Crippen molar-refractivity contribution >= 4 is 9.05 Å². The van der Waals surface area contributed by atoms with Crippen molar-refractivity contribution in [1.29, 1.82) is 0 Å². The van der Waals surface area contributed by atoms with Crippen LogP contribution in [0.1, 0.15) is 41.5 Å². The van der Waals surface area contributed by atoms with Gasteiger partial charge >= 0.3 is 9.05 Å². The van der Waals surface area contributed by atoms with E-state index in [-0.39, 0.29) is 0 Å². The number of ether oxygens (including phenoxy) is 3. The van der Waals surface area contributed by atoms with E-state index in [1.807, 2.05) is 20.8 Å². The molecule has 0 aliphatic heterocycles. The summed E-state index contributed by atoms with van der Waals surface area (Å²) in [5, 5.41) is 0. The van der Waals surface area contributed by atoms with Crippen LogP contribution in [0.15, 0.2) is 0 Å². The highest BCUT2D eigenvalue weighted by Crippen LogP contribution is 2.19. The van der Waals surface area contributed by atoms with Crippen LogP contribution in [0.3, 0.4) is 0 Å². The topological polar surface area (TPSA) is 64.6 Å². The van der Waals surface area contributed by atoms with Crippen LogP contribution in [-0.2, 0) is 31.9 Å². The first kappa shape index (κ1) is 20.9. The molecule has 0 rings (SSSR count). The molecule has 0 bridgehead atoms. The normalized spacial score (nSPS) is 19.0. The first-order valence-electron chi connectivity index (χ1n) is 7.36. The zero-order valence-corrected chi connectivity index (χ0v) is 15.2. The molecule has 128 valence electrons. The van der Waals surface area contributed by atoms with Crippen molar-refractivity contribution in [1.82, 2.24) is 0 Å². The summed E-state index contributed by atoms with van der Waals surface area (Å²) in [4.78, 5) is 0. The Balaban J connectivity index is 4.89. The molecule has 0 radical (unpaired) electrons. The minimum absolute atomic E-state index is 0.511. The van der Waals surface area contributed by atoms with E-state index in [0.29, 0.717) is 19.8 Å². The van der Waals surface area contributed by atoms with Crippen molar-refractivity contribution in [2.24, 2.45) is 0 Å². The molecule has 0 aromatic heterocycles. The average molecular weight is 326 g/mol. The molecule has 8 heteroatoms. The summed E-state index contributed by atoms with van der Waals surface area (Å²) >= 11 is 0. The van der Waals surface area contributed by atoms with E-state index in [1.54, 1.807) is 20.8 Å². The molecule has 0 fully saturated rings. The number of rotatable bonds is 13. The van der Waals surface area contributed by atoms with Gasteiger partial charge < -0.3 is 31.9 Å². The van der Waals surface area contributed by atoms with E-state index < -0.39 is 27.9 Å². The minimum Gasteiger partial charge on any atom is -0.354 e. The molecule has 0 heterocycles. The van der Waals surface area contributed by atoms with Crippen LogP contribution in [0.25, 0.3) is 0 Å². The third-order valence-electron chi connectivity index (χ3n) is 2.39. The molecule has 0 N–H and O–H groups in total. The van der Waals surface area contributed by atoms with Crippen molar-refractivity contribution in [3.8, 4) is 0 Å². The summed E-state index contributed by atoms with van der Waals surface area (Å²) in [7, 11) is -1.97. The van der Waals surface area contributed by atoms with Gasteiger partial charge in [0.05, 0.1) is 0 Å². The second kappa shape index (κ2) is 11.5. The predicted octanol–water partition coefficient (Wildman–Crippen LogP) is 2.27. The van der Waals surface area contributed by atoms with E-state index in [4.69, 9.17) is 31.9 Å². The molecule has 0 aliphatic rings. The Bertz CT molecular complexity index is 219. The van der Waals surface area contributed by atoms with Crippen molar-refractivity contribution in [2.45, 2.75) is 60.4 Å². The van der Waals surface area contributed by atoms with E-state index in [9.17, 15) is 0 Å². The van der Waals surface area contributed by atoms with Crippen LogP contribution in [0.5, 0.6) is 0 Å². The highest BCUT2D eigenvalue weighted by Gasteiger charge is 2.50. The van der Waals surface area contributed by atoms with Gasteiger partial charge in [0, 0.05) is 26.9 Å². The highest BCUT2D eigenvalue weighted by atomic mass is 28.4. The second-order valence-electron chi connectivity index (χ2n) is 4.13. The number of hydrogen-bond acceptors (Lipinski definition) is 7. The average Bonchev–Trinajstić information content (AvgIpc) is 2.39.